The van der Waals surface area contributed by atoms with Gasteiger partial charge in [0, 0.05) is 36.3 Å². The molecule has 1 aromatic heterocycles. The second kappa shape index (κ2) is 5.91. The Bertz CT molecular complexity index is 1080. The van der Waals surface area contributed by atoms with E-state index in [2.05, 4.69) is 41.5 Å². The van der Waals surface area contributed by atoms with Gasteiger partial charge in [-0.05, 0) is 18.6 Å². The van der Waals surface area contributed by atoms with Crippen LogP contribution in [0.2, 0.25) is 0 Å². The third-order valence-corrected chi connectivity index (χ3v) is 5.53. The molecule has 0 radical (unpaired) electrons. The number of imidazole rings is 1. The lowest BCUT2D eigenvalue weighted by atomic mass is 9.78. The Hall–Kier alpha value is -3.21. The summed E-state index contributed by atoms with van der Waals surface area (Å²) in [5.41, 5.74) is 6.03. The van der Waals surface area contributed by atoms with Crippen LogP contribution in [0.25, 0.3) is 0 Å². The van der Waals surface area contributed by atoms with Crippen molar-refractivity contribution in [3.8, 4) is 0 Å². The molecule has 0 saturated carbocycles. The van der Waals surface area contributed by atoms with Gasteiger partial charge >= 0.3 is 0 Å². The Balaban J connectivity index is 1.75. The van der Waals surface area contributed by atoms with E-state index in [-0.39, 0.29) is 24.3 Å². The summed E-state index contributed by atoms with van der Waals surface area (Å²) in [7, 11) is 2.00. The minimum atomic E-state index is -0.0607. The molecule has 0 bridgehead atoms. The van der Waals surface area contributed by atoms with Crippen molar-refractivity contribution in [3.63, 3.8) is 0 Å². The first-order chi connectivity index (χ1) is 13.1. The number of carbonyl (C=O) groups is 1. The van der Waals surface area contributed by atoms with Crippen LogP contribution in [-0.2, 0) is 7.05 Å². The van der Waals surface area contributed by atoms with Crippen LogP contribution in [0, 0.1) is 6.92 Å². The molecule has 0 amide bonds. The van der Waals surface area contributed by atoms with Crippen LogP contribution in [0.3, 0.4) is 0 Å². The van der Waals surface area contributed by atoms with Crippen molar-refractivity contribution in [3.05, 3.63) is 82.9 Å². The Morgan fingerprint density at radius 2 is 1.96 bits per heavy atom. The fourth-order valence-corrected chi connectivity index (χ4v) is 4.16. The number of benzene rings is 2. The number of nitrogens with one attached hydrogen (secondary N) is 1. The second-order valence-corrected chi connectivity index (χ2v) is 7.26. The molecule has 2 aliphatic heterocycles. The van der Waals surface area contributed by atoms with E-state index in [0.717, 1.165) is 28.4 Å². The molecule has 3 heterocycles. The number of hydrogen-bond donors (Lipinski definition) is 1. The van der Waals surface area contributed by atoms with E-state index in [0.29, 0.717) is 0 Å². The highest BCUT2D eigenvalue weighted by molar-refractivity contribution is 6.21. The third-order valence-electron chi connectivity index (χ3n) is 5.53. The minimum Gasteiger partial charge on any atom is -0.377 e. The van der Waals surface area contributed by atoms with Gasteiger partial charge in [0.15, 0.2) is 5.78 Å². The van der Waals surface area contributed by atoms with Crippen LogP contribution >= 0.6 is 0 Å². The molecule has 0 fully saturated rings. The molecule has 3 aromatic rings. The molecule has 1 N–H and O–H groups in total. The van der Waals surface area contributed by atoms with E-state index in [1.165, 1.54) is 11.1 Å². The number of rotatable bonds is 2. The first-order valence-electron chi connectivity index (χ1n) is 9.15. The quantitative estimate of drug-likeness (QED) is 0.762. The standard InChI is InChI=1S/C22H20N4O/c1-13-6-8-14(9-7-13)20-19(22-23-10-11-26(22)2)21-18-15(17(27)12-24-21)4-3-5-16(18)25-20/h3-11,19-20,25H,12H2,1-2H3. The fourth-order valence-electron chi connectivity index (χ4n) is 4.16. The molecule has 0 aliphatic carbocycles. The van der Waals surface area contributed by atoms with Gasteiger partial charge in [0.1, 0.15) is 12.4 Å². The van der Waals surface area contributed by atoms with E-state index in [4.69, 9.17) is 4.99 Å². The number of aliphatic imine (C=N–C) groups is 1. The van der Waals surface area contributed by atoms with Gasteiger partial charge in [0.05, 0.1) is 17.7 Å². The lowest BCUT2D eigenvalue weighted by molar-refractivity contribution is 0.1000. The summed E-state index contributed by atoms with van der Waals surface area (Å²) < 4.78 is 2.04. The van der Waals surface area contributed by atoms with Gasteiger partial charge in [-0.15, -0.1) is 0 Å². The van der Waals surface area contributed by atoms with E-state index >= 15 is 0 Å². The number of ketones is 1. The maximum absolute atomic E-state index is 12.4. The molecule has 2 aromatic carbocycles. The van der Waals surface area contributed by atoms with Crippen molar-refractivity contribution in [1.82, 2.24) is 9.55 Å². The van der Waals surface area contributed by atoms with Gasteiger partial charge in [-0.3, -0.25) is 9.79 Å². The lowest BCUT2D eigenvalue weighted by Crippen LogP contribution is -2.37. The van der Waals surface area contributed by atoms with Gasteiger partial charge in [-0.25, -0.2) is 4.98 Å². The predicted molar refractivity (Wildman–Crippen MR) is 106 cm³/mol. The van der Waals surface area contributed by atoms with Crippen LogP contribution in [-0.4, -0.2) is 27.6 Å². The highest BCUT2D eigenvalue weighted by atomic mass is 16.1. The minimum absolute atomic E-state index is 0.00130. The first kappa shape index (κ1) is 16.0. The van der Waals surface area contributed by atoms with Crippen molar-refractivity contribution in [2.24, 2.45) is 12.0 Å². The smallest absolute Gasteiger partial charge is 0.184 e. The SMILES string of the molecule is Cc1ccc(C2Nc3cccc4c3C(=NCC4=O)C2c2nccn2C)cc1. The summed E-state index contributed by atoms with van der Waals surface area (Å²) in [5, 5.41) is 3.67. The van der Waals surface area contributed by atoms with Gasteiger partial charge < -0.3 is 9.88 Å². The number of nitrogens with zero attached hydrogens (tertiary/aromatic N) is 3. The number of Topliss-reactive ketones (excluding diaryl/α,β-unsaturated/α-hetero) is 1. The molecule has 5 rings (SSSR count). The summed E-state index contributed by atoms with van der Waals surface area (Å²) in [4.78, 5) is 21.8. The Kier molecular flexibility index (Phi) is 3.50. The molecule has 2 aliphatic rings. The zero-order chi connectivity index (χ0) is 18.5. The van der Waals surface area contributed by atoms with Crippen molar-refractivity contribution in [2.75, 3.05) is 11.9 Å². The number of aromatic nitrogens is 2. The highest BCUT2D eigenvalue weighted by Gasteiger charge is 2.41. The first-order valence-corrected chi connectivity index (χ1v) is 9.15. The molecular formula is C22H20N4O. The molecule has 27 heavy (non-hydrogen) atoms. The summed E-state index contributed by atoms with van der Waals surface area (Å²) in [6, 6.07) is 14.5. The molecule has 134 valence electrons. The van der Waals surface area contributed by atoms with Gasteiger partial charge in [-0.1, -0.05) is 42.0 Å². The molecule has 5 nitrogen and oxygen atoms in total. The monoisotopic (exact) mass is 356 g/mol. The van der Waals surface area contributed by atoms with E-state index in [9.17, 15) is 4.79 Å². The maximum atomic E-state index is 12.4. The number of aryl methyl sites for hydroxylation is 2. The second-order valence-electron chi connectivity index (χ2n) is 7.26. The normalized spacial score (nSPS) is 20.7. The van der Waals surface area contributed by atoms with Gasteiger partial charge in [0.2, 0.25) is 0 Å². The average molecular weight is 356 g/mol. The summed E-state index contributed by atoms with van der Waals surface area (Å²) in [6.07, 6.45) is 3.77. The van der Waals surface area contributed by atoms with Crippen LogP contribution in [0.5, 0.6) is 0 Å². The van der Waals surface area contributed by atoms with Crippen molar-refractivity contribution < 1.29 is 4.79 Å². The van der Waals surface area contributed by atoms with Crippen molar-refractivity contribution in [1.29, 1.82) is 0 Å². The Morgan fingerprint density at radius 3 is 2.70 bits per heavy atom. The van der Waals surface area contributed by atoms with Crippen LogP contribution in [0.4, 0.5) is 5.69 Å². The number of carbonyl (C=O) groups excluding carboxylic acids is 1. The lowest BCUT2D eigenvalue weighted by Gasteiger charge is -2.38. The summed E-state index contributed by atoms with van der Waals surface area (Å²) >= 11 is 0. The third kappa shape index (κ3) is 2.42. The number of hydrogen-bond acceptors (Lipinski definition) is 4. The molecule has 2 unspecified atom stereocenters. The topological polar surface area (TPSA) is 59.3 Å². The van der Waals surface area contributed by atoms with Crippen molar-refractivity contribution >= 4 is 17.2 Å². The van der Waals surface area contributed by atoms with E-state index in [1.807, 2.05) is 42.2 Å². The van der Waals surface area contributed by atoms with Crippen LogP contribution in [0.15, 0.2) is 59.9 Å². The molecular weight excluding hydrogens is 336 g/mol. The van der Waals surface area contributed by atoms with E-state index in [1.54, 1.807) is 0 Å². The summed E-state index contributed by atoms with van der Waals surface area (Å²) in [6.45, 7) is 2.29. The van der Waals surface area contributed by atoms with E-state index < -0.39 is 0 Å². The average Bonchev–Trinajstić information content (AvgIpc) is 3.10. The molecule has 5 heteroatoms. The largest absolute Gasteiger partial charge is 0.377 e. The predicted octanol–water partition coefficient (Wildman–Crippen LogP) is 3.66. The molecule has 0 saturated heterocycles. The maximum Gasteiger partial charge on any atom is 0.184 e. The van der Waals surface area contributed by atoms with Gasteiger partial charge in [0.25, 0.3) is 0 Å². The molecule has 0 spiro atoms. The molecule has 2 atom stereocenters. The van der Waals surface area contributed by atoms with Gasteiger partial charge in [-0.2, -0.15) is 0 Å². The Morgan fingerprint density at radius 1 is 1.15 bits per heavy atom. The highest BCUT2D eigenvalue weighted by Crippen LogP contribution is 2.44. The number of anilines is 1. The summed E-state index contributed by atoms with van der Waals surface area (Å²) in [5.74, 6) is 0.959. The van der Waals surface area contributed by atoms with Crippen LogP contribution < -0.4 is 5.32 Å². The van der Waals surface area contributed by atoms with Crippen molar-refractivity contribution in [2.45, 2.75) is 18.9 Å². The Labute approximate surface area is 157 Å². The zero-order valence-corrected chi connectivity index (χ0v) is 15.3. The zero-order valence-electron chi connectivity index (χ0n) is 15.3. The fraction of sp³-hybridized carbons (Fsp3) is 0.227. The van der Waals surface area contributed by atoms with Crippen LogP contribution in [0.1, 0.15) is 44.8 Å².